The number of ether oxygens (including phenoxy) is 3. The first-order chi connectivity index (χ1) is 30.2. The van der Waals surface area contributed by atoms with Crippen LogP contribution in [0, 0.1) is 11.8 Å². The van der Waals surface area contributed by atoms with Crippen molar-refractivity contribution < 1.29 is 28.6 Å². The lowest BCUT2D eigenvalue weighted by molar-refractivity contribution is -0.167. The van der Waals surface area contributed by atoms with Gasteiger partial charge in [0.05, 0.1) is 0 Å². The van der Waals surface area contributed by atoms with Gasteiger partial charge in [-0.05, 0) is 31.1 Å². The maximum atomic E-state index is 12.8. The highest BCUT2D eigenvalue weighted by molar-refractivity contribution is 5.71. The van der Waals surface area contributed by atoms with Gasteiger partial charge in [-0.25, -0.2) is 0 Å². The van der Waals surface area contributed by atoms with Crippen LogP contribution in [0.1, 0.15) is 311 Å². The van der Waals surface area contributed by atoms with E-state index in [4.69, 9.17) is 14.2 Å². The molecule has 0 aromatic carbocycles. The fourth-order valence-corrected chi connectivity index (χ4v) is 8.52. The quantitative estimate of drug-likeness (QED) is 0.0344. The van der Waals surface area contributed by atoms with Crippen molar-refractivity contribution in [3.63, 3.8) is 0 Å². The third-order valence-electron chi connectivity index (χ3n) is 12.7. The van der Waals surface area contributed by atoms with Crippen LogP contribution in [-0.4, -0.2) is 37.2 Å². The molecule has 0 aromatic rings. The summed E-state index contributed by atoms with van der Waals surface area (Å²) in [5, 5.41) is 0. The van der Waals surface area contributed by atoms with Gasteiger partial charge in [0.1, 0.15) is 13.2 Å². The number of carbonyl (C=O) groups is 3. The van der Waals surface area contributed by atoms with E-state index in [2.05, 4.69) is 34.6 Å². The second kappa shape index (κ2) is 48.9. The minimum atomic E-state index is -0.760. The number of esters is 3. The summed E-state index contributed by atoms with van der Waals surface area (Å²) in [6.45, 7) is 11.3. The van der Waals surface area contributed by atoms with E-state index in [0.29, 0.717) is 19.3 Å². The van der Waals surface area contributed by atoms with Crippen molar-refractivity contribution in [3.05, 3.63) is 0 Å². The van der Waals surface area contributed by atoms with Gasteiger partial charge in [-0.3, -0.25) is 14.4 Å². The Balaban J connectivity index is 4.05. The van der Waals surface area contributed by atoms with Gasteiger partial charge < -0.3 is 14.2 Å². The molecule has 0 heterocycles. The molecular weight excluding hydrogens is 769 g/mol. The fraction of sp³-hybridized carbons (Fsp3) is 0.946. The largest absolute Gasteiger partial charge is 0.462 e. The smallest absolute Gasteiger partial charge is 0.306 e. The molecule has 368 valence electrons. The number of hydrogen-bond acceptors (Lipinski definition) is 6. The summed E-state index contributed by atoms with van der Waals surface area (Å²) >= 11 is 0. The molecule has 1 atom stereocenters. The molecule has 0 rings (SSSR count). The van der Waals surface area contributed by atoms with Crippen LogP contribution in [0.5, 0.6) is 0 Å². The highest BCUT2D eigenvalue weighted by Gasteiger charge is 2.19. The predicted octanol–water partition coefficient (Wildman–Crippen LogP) is 18.1. The highest BCUT2D eigenvalue weighted by Crippen LogP contribution is 2.18. The van der Waals surface area contributed by atoms with Crippen LogP contribution in [0.15, 0.2) is 0 Å². The lowest BCUT2D eigenvalue weighted by Crippen LogP contribution is -2.30. The van der Waals surface area contributed by atoms with Crippen LogP contribution in [-0.2, 0) is 28.6 Å². The van der Waals surface area contributed by atoms with E-state index in [9.17, 15) is 14.4 Å². The Kier molecular flexibility index (Phi) is 47.6. The zero-order chi connectivity index (χ0) is 45.4. The van der Waals surface area contributed by atoms with Crippen LogP contribution >= 0.6 is 0 Å². The lowest BCUT2D eigenvalue weighted by atomic mass is 10.0. The van der Waals surface area contributed by atoms with E-state index in [1.807, 2.05) is 0 Å². The van der Waals surface area contributed by atoms with E-state index in [0.717, 1.165) is 76.0 Å². The van der Waals surface area contributed by atoms with Crippen molar-refractivity contribution in [2.24, 2.45) is 11.8 Å². The predicted molar refractivity (Wildman–Crippen MR) is 266 cm³/mol. The molecule has 0 N–H and O–H groups in total. The first kappa shape index (κ1) is 60.4. The number of rotatable bonds is 50. The van der Waals surface area contributed by atoms with Gasteiger partial charge in [0.15, 0.2) is 6.10 Å². The van der Waals surface area contributed by atoms with E-state index in [1.54, 1.807) is 0 Å². The Hall–Kier alpha value is -1.59. The molecule has 62 heavy (non-hydrogen) atoms. The number of unbranched alkanes of at least 4 members (excludes halogenated alkanes) is 35. The molecule has 0 amide bonds. The summed E-state index contributed by atoms with van der Waals surface area (Å²) in [4.78, 5) is 37.7. The van der Waals surface area contributed by atoms with Crippen LogP contribution in [0.4, 0.5) is 0 Å². The second-order valence-corrected chi connectivity index (χ2v) is 20.2. The highest BCUT2D eigenvalue weighted by atomic mass is 16.6. The van der Waals surface area contributed by atoms with E-state index < -0.39 is 6.10 Å². The third kappa shape index (κ3) is 49.4. The molecule has 0 fully saturated rings. The third-order valence-corrected chi connectivity index (χ3v) is 12.7. The number of hydrogen-bond donors (Lipinski definition) is 0. The average molecular weight is 877 g/mol. The van der Waals surface area contributed by atoms with Crippen LogP contribution in [0.2, 0.25) is 0 Å². The summed E-state index contributed by atoms with van der Waals surface area (Å²) in [5.41, 5.74) is 0. The van der Waals surface area contributed by atoms with Gasteiger partial charge in [-0.15, -0.1) is 0 Å². The molecule has 0 aliphatic heterocycles. The van der Waals surface area contributed by atoms with Gasteiger partial charge in [0.25, 0.3) is 0 Å². The molecule has 0 unspecified atom stereocenters. The molecule has 0 aromatic heterocycles. The van der Waals surface area contributed by atoms with Gasteiger partial charge in [-0.1, -0.05) is 272 Å². The van der Waals surface area contributed by atoms with E-state index in [-0.39, 0.29) is 31.1 Å². The second-order valence-electron chi connectivity index (χ2n) is 20.2. The van der Waals surface area contributed by atoms with Crippen LogP contribution < -0.4 is 0 Å². The minimum Gasteiger partial charge on any atom is -0.462 e. The SMILES string of the molecule is CCCCCCCC(=O)OC[C@@H](COC(=O)CCCCCCCCCCCCCCCCCC(C)C)OC(=O)CCCCCCCCCCCCCCCCCCCCC(C)C. The summed E-state index contributed by atoms with van der Waals surface area (Å²) in [7, 11) is 0. The van der Waals surface area contributed by atoms with Crippen molar-refractivity contribution in [1.82, 2.24) is 0 Å². The first-order valence-electron chi connectivity index (χ1n) is 27.7. The van der Waals surface area contributed by atoms with Crippen LogP contribution in [0.25, 0.3) is 0 Å². The Morgan fingerprint density at radius 1 is 0.306 bits per heavy atom. The van der Waals surface area contributed by atoms with Gasteiger partial charge >= 0.3 is 17.9 Å². The fourth-order valence-electron chi connectivity index (χ4n) is 8.52. The standard InChI is InChI=1S/C56H108O6/c1-6-7-8-34-41-46-54(57)60-49-53(50-61-55(58)47-42-37-32-28-24-20-17-13-15-19-23-27-31-36-40-45-52(4)5)62-56(59)48-43-38-33-29-25-21-16-12-10-9-11-14-18-22-26-30-35-39-44-51(2)3/h51-53H,6-50H2,1-5H3/t53-/m0/s1. The van der Waals surface area contributed by atoms with Gasteiger partial charge in [0, 0.05) is 19.3 Å². The van der Waals surface area contributed by atoms with Crippen molar-refractivity contribution in [3.8, 4) is 0 Å². The zero-order valence-corrected chi connectivity index (χ0v) is 42.5. The summed E-state index contributed by atoms with van der Waals surface area (Å²) < 4.78 is 16.7. The minimum absolute atomic E-state index is 0.0641. The molecule has 0 radical (unpaired) electrons. The van der Waals surface area contributed by atoms with Crippen molar-refractivity contribution in [2.45, 2.75) is 317 Å². The molecule has 0 saturated heterocycles. The molecular formula is C56H108O6. The van der Waals surface area contributed by atoms with Crippen molar-refractivity contribution in [2.75, 3.05) is 13.2 Å². The Bertz CT molecular complexity index is 947. The van der Waals surface area contributed by atoms with Crippen molar-refractivity contribution in [1.29, 1.82) is 0 Å². The summed E-state index contributed by atoms with van der Waals surface area (Å²) in [6, 6.07) is 0. The maximum Gasteiger partial charge on any atom is 0.306 e. The van der Waals surface area contributed by atoms with E-state index >= 15 is 0 Å². The zero-order valence-electron chi connectivity index (χ0n) is 42.5. The molecule has 0 saturated carbocycles. The molecule has 6 heteroatoms. The summed E-state index contributed by atoms with van der Waals surface area (Å²) in [5.74, 6) is 0.850. The van der Waals surface area contributed by atoms with E-state index in [1.165, 1.54) is 193 Å². The molecule has 0 bridgehead atoms. The Labute approximate surface area is 387 Å². The normalized spacial score (nSPS) is 12.0. The monoisotopic (exact) mass is 877 g/mol. The summed E-state index contributed by atoms with van der Waals surface area (Å²) in [6.07, 6.45) is 51.3. The topological polar surface area (TPSA) is 78.9 Å². The van der Waals surface area contributed by atoms with Crippen molar-refractivity contribution >= 4 is 17.9 Å². The first-order valence-corrected chi connectivity index (χ1v) is 27.7. The Morgan fingerprint density at radius 2 is 0.532 bits per heavy atom. The van der Waals surface area contributed by atoms with Crippen LogP contribution in [0.3, 0.4) is 0 Å². The molecule has 0 aliphatic rings. The lowest BCUT2D eigenvalue weighted by Gasteiger charge is -2.18. The Morgan fingerprint density at radius 3 is 0.790 bits per heavy atom. The maximum absolute atomic E-state index is 12.8. The molecule has 0 spiro atoms. The average Bonchev–Trinajstić information content (AvgIpc) is 3.24. The van der Waals surface area contributed by atoms with Gasteiger partial charge in [0.2, 0.25) is 0 Å². The molecule has 0 aliphatic carbocycles. The number of carbonyl (C=O) groups excluding carboxylic acids is 3. The molecule has 6 nitrogen and oxygen atoms in total. The van der Waals surface area contributed by atoms with Gasteiger partial charge in [-0.2, -0.15) is 0 Å².